The van der Waals surface area contributed by atoms with Crippen LogP contribution in [0, 0.1) is 10.6 Å². The fourth-order valence-electron chi connectivity index (χ4n) is 4.09. The van der Waals surface area contributed by atoms with E-state index in [-0.39, 0.29) is 11.9 Å². The van der Waals surface area contributed by atoms with Crippen molar-refractivity contribution in [3.63, 3.8) is 0 Å². The number of piperidine rings is 1. The van der Waals surface area contributed by atoms with E-state index in [0.29, 0.717) is 10.6 Å². The molecule has 1 amide bonds. The van der Waals surface area contributed by atoms with E-state index in [9.17, 15) is 4.79 Å². The van der Waals surface area contributed by atoms with Crippen molar-refractivity contribution in [2.45, 2.75) is 32.2 Å². The van der Waals surface area contributed by atoms with Crippen LogP contribution >= 0.6 is 12.2 Å². The van der Waals surface area contributed by atoms with Gasteiger partial charge in [0.25, 0.3) is 0 Å². The lowest BCUT2D eigenvalue weighted by Crippen LogP contribution is -2.49. The highest BCUT2D eigenvalue weighted by Crippen LogP contribution is 2.38. The molecule has 0 spiro atoms. The molecule has 26 heavy (non-hydrogen) atoms. The molecule has 5 nitrogen and oxygen atoms in total. The Hall–Kier alpha value is -2.21. The number of carbonyl (C=O) groups is 1. The van der Waals surface area contributed by atoms with E-state index in [2.05, 4.69) is 29.1 Å². The molecule has 0 unspecified atom stereocenters. The lowest BCUT2D eigenvalue weighted by atomic mass is 9.99. The van der Waals surface area contributed by atoms with Crippen LogP contribution in [-0.4, -0.2) is 39.7 Å². The summed E-state index contributed by atoms with van der Waals surface area (Å²) in [7, 11) is 1.84. The van der Waals surface area contributed by atoms with E-state index < -0.39 is 0 Å². The first-order valence-electron chi connectivity index (χ1n) is 9.25. The first kappa shape index (κ1) is 17.2. The second kappa shape index (κ2) is 6.83. The van der Waals surface area contributed by atoms with Crippen LogP contribution in [0.15, 0.2) is 36.4 Å². The van der Waals surface area contributed by atoms with Crippen LogP contribution in [0.3, 0.4) is 0 Å². The molecule has 2 aromatic rings. The highest BCUT2D eigenvalue weighted by molar-refractivity contribution is 7.71. The Bertz CT molecular complexity index is 893. The van der Waals surface area contributed by atoms with Gasteiger partial charge in [-0.2, -0.15) is 5.10 Å². The molecule has 1 aromatic carbocycles. The maximum atomic E-state index is 13.4. The van der Waals surface area contributed by atoms with Crippen LogP contribution in [0.1, 0.15) is 25.3 Å². The molecule has 1 aromatic heterocycles. The van der Waals surface area contributed by atoms with Crippen molar-refractivity contribution in [1.82, 2.24) is 14.7 Å². The fourth-order valence-corrected chi connectivity index (χ4v) is 4.19. The average molecular weight is 369 g/mol. The van der Waals surface area contributed by atoms with Gasteiger partial charge in [-0.05, 0) is 42.5 Å². The van der Waals surface area contributed by atoms with Crippen LogP contribution in [-0.2, 0) is 18.3 Å². The molecule has 0 saturated carbocycles. The summed E-state index contributed by atoms with van der Waals surface area (Å²) in [6.45, 7) is 3.94. The zero-order chi connectivity index (χ0) is 18.3. The Balaban J connectivity index is 1.72. The molecule has 2 aliphatic heterocycles. The minimum atomic E-state index is -0.235. The number of para-hydroxylation sites is 1. The zero-order valence-corrected chi connectivity index (χ0v) is 16.1. The Labute approximate surface area is 159 Å². The Morgan fingerprint density at radius 1 is 1.23 bits per heavy atom. The lowest BCUT2D eigenvalue weighted by molar-refractivity contribution is -0.134. The lowest BCUT2D eigenvalue weighted by Gasteiger charge is -2.35. The summed E-state index contributed by atoms with van der Waals surface area (Å²) in [6, 6.07) is 11.8. The first-order valence-corrected chi connectivity index (χ1v) is 9.65. The van der Waals surface area contributed by atoms with Crippen molar-refractivity contribution in [2.24, 2.45) is 13.0 Å². The SMILES string of the molecule is C[C@H]1CCCN(C(=O)[C@@H]2Cc3ccccc3N2c2ccc(=S)n(C)n2)C1. The number of likely N-dealkylation sites (tertiary alicyclic amines) is 1. The number of amides is 1. The second-order valence-corrected chi connectivity index (χ2v) is 7.82. The molecule has 0 aliphatic carbocycles. The summed E-state index contributed by atoms with van der Waals surface area (Å²) in [5, 5.41) is 4.61. The van der Waals surface area contributed by atoms with E-state index in [1.165, 1.54) is 12.0 Å². The number of hydrogen-bond donors (Lipinski definition) is 0. The number of fused-ring (bicyclic) bond motifs is 1. The van der Waals surface area contributed by atoms with Gasteiger partial charge >= 0.3 is 0 Å². The largest absolute Gasteiger partial charge is 0.341 e. The standard InChI is InChI=1S/C20H24N4OS/c1-14-6-5-11-23(13-14)20(25)17-12-15-7-3-4-8-16(15)24(17)18-9-10-19(26)22(2)21-18/h3-4,7-10,14,17H,5-6,11-13H2,1-2H3/t14-,17-/m0/s1. The van der Waals surface area contributed by atoms with Crippen LogP contribution in [0.5, 0.6) is 0 Å². The van der Waals surface area contributed by atoms with Gasteiger partial charge in [-0.15, -0.1) is 0 Å². The quantitative estimate of drug-likeness (QED) is 0.761. The van der Waals surface area contributed by atoms with Gasteiger partial charge in [-0.25, -0.2) is 0 Å². The Morgan fingerprint density at radius 2 is 2.04 bits per heavy atom. The van der Waals surface area contributed by atoms with E-state index in [1.807, 2.05) is 36.2 Å². The summed E-state index contributed by atoms with van der Waals surface area (Å²) in [6.07, 6.45) is 3.02. The second-order valence-electron chi connectivity index (χ2n) is 7.40. The predicted molar refractivity (Wildman–Crippen MR) is 105 cm³/mol. The van der Waals surface area contributed by atoms with Crippen LogP contribution in [0.25, 0.3) is 0 Å². The maximum Gasteiger partial charge on any atom is 0.246 e. The molecule has 2 aliphatic rings. The van der Waals surface area contributed by atoms with Crippen molar-refractivity contribution in [3.05, 3.63) is 46.6 Å². The third kappa shape index (κ3) is 3.03. The number of anilines is 2. The molecular weight excluding hydrogens is 344 g/mol. The minimum absolute atomic E-state index is 0.208. The molecule has 6 heteroatoms. The molecule has 1 saturated heterocycles. The van der Waals surface area contributed by atoms with E-state index in [0.717, 1.165) is 37.4 Å². The number of rotatable bonds is 2. The number of aromatic nitrogens is 2. The van der Waals surface area contributed by atoms with Gasteiger partial charge in [0, 0.05) is 32.2 Å². The third-order valence-electron chi connectivity index (χ3n) is 5.42. The highest BCUT2D eigenvalue weighted by atomic mass is 32.1. The fraction of sp³-hybridized carbons (Fsp3) is 0.450. The van der Waals surface area contributed by atoms with Crippen molar-refractivity contribution in [2.75, 3.05) is 18.0 Å². The highest BCUT2D eigenvalue weighted by Gasteiger charge is 2.39. The number of carbonyl (C=O) groups excluding carboxylic acids is 1. The summed E-state index contributed by atoms with van der Waals surface area (Å²) >= 11 is 5.27. The van der Waals surface area contributed by atoms with Gasteiger partial charge in [-0.3, -0.25) is 9.48 Å². The molecule has 136 valence electrons. The van der Waals surface area contributed by atoms with Crippen molar-refractivity contribution < 1.29 is 4.79 Å². The first-order chi connectivity index (χ1) is 12.5. The molecule has 0 radical (unpaired) electrons. The van der Waals surface area contributed by atoms with Gasteiger partial charge < -0.3 is 9.80 Å². The smallest absolute Gasteiger partial charge is 0.246 e. The van der Waals surface area contributed by atoms with Gasteiger partial charge in [0.15, 0.2) is 5.82 Å². The predicted octanol–water partition coefficient (Wildman–Crippen LogP) is 3.47. The normalized spacial score (nSPS) is 22.4. The molecule has 0 bridgehead atoms. The van der Waals surface area contributed by atoms with E-state index >= 15 is 0 Å². The van der Waals surface area contributed by atoms with Gasteiger partial charge in [0.05, 0.1) is 0 Å². The Morgan fingerprint density at radius 3 is 2.81 bits per heavy atom. The van der Waals surface area contributed by atoms with Crippen LogP contribution in [0.4, 0.5) is 11.5 Å². The molecule has 2 atom stereocenters. The topological polar surface area (TPSA) is 41.4 Å². The Kier molecular flexibility index (Phi) is 4.53. The van der Waals surface area contributed by atoms with Crippen molar-refractivity contribution in [3.8, 4) is 0 Å². The number of hydrogen-bond acceptors (Lipinski definition) is 4. The summed E-state index contributed by atoms with van der Waals surface area (Å²) in [5.41, 5.74) is 2.27. The molecular formula is C20H24N4OS. The van der Waals surface area contributed by atoms with Gasteiger partial charge in [-0.1, -0.05) is 37.3 Å². The van der Waals surface area contributed by atoms with E-state index in [4.69, 9.17) is 12.2 Å². The minimum Gasteiger partial charge on any atom is -0.341 e. The molecule has 4 rings (SSSR count). The monoisotopic (exact) mass is 368 g/mol. The summed E-state index contributed by atoms with van der Waals surface area (Å²) < 4.78 is 2.37. The average Bonchev–Trinajstić information content (AvgIpc) is 3.03. The molecule has 0 N–H and O–H groups in total. The molecule has 3 heterocycles. The number of nitrogens with zero attached hydrogens (tertiary/aromatic N) is 4. The van der Waals surface area contributed by atoms with Crippen molar-refractivity contribution in [1.29, 1.82) is 0 Å². The number of aryl methyl sites for hydroxylation is 1. The molecule has 1 fully saturated rings. The summed E-state index contributed by atoms with van der Waals surface area (Å²) in [4.78, 5) is 17.5. The van der Waals surface area contributed by atoms with Gasteiger partial charge in [0.1, 0.15) is 10.7 Å². The van der Waals surface area contributed by atoms with Crippen LogP contribution in [0.2, 0.25) is 0 Å². The van der Waals surface area contributed by atoms with Gasteiger partial charge in [0.2, 0.25) is 5.91 Å². The summed E-state index contributed by atoms with van der Waals surface area (Å²) in [5.74, 6) is 1.55. The number of benzene rings is 1. The van der Waals surface area contributed by atoms with Crippen molar-refractivity contribution >= 4 is 29.6 Å². The van der Waals surface area contributed by atoms with Crippen LogP contribution < -0.4 is 4.90 Å². The zero-order valence-electron chi connectivity index (χ0n) is 15.3. The third-order valence-corrected chi connectivity index (χ3v) is 5.82. The maximum absolute atomic E-state index is 13.4. The van der Waals surface area contributed by atoms with E-state index in [1.54, 1.807) is 4.68 Å².